The molecule has 2 heterocycles. The second-order valence-corrected chi connectivity index (χ2v) is 7.65. The second kappa shape index (κ2) is 8.27. The maximum absolute atomic E-state index is 12.9. The Morgan fingerprint density at radius 3 is 2.69 bits per heavy atom. The molecule has 0 saturated carbocycles. The number of carbonyl (C=O) groups excluding carboxylic acids is 1. The number of nitro benzene ring substituents is 1. The number of benzene rings is 2. The molecule has 32 heavy (non-hydrogen) atoms. The molecule has 162 valence electrons. The molecule has 4 aromatic rings. The number of alkyl halides is 3. The summed E-state index contributed by atoms with van der Waals surface area (Å²) >= 11 is 1.15. The highest BCUT2D eigenvalue weighted by molar-refractivity contribution is 7.20. The molecule has 0 radical (unpaired) electrons. The minimum atomic E-state index is -4.46. The number of nitrogens with zero attached hydrogens (tertiary/aromatic N) is 2. The van der Waals surface area contributed by atoms with Crippen LogP contribution in [0.15, 0.2) is 70.2 Å². The number of halogens is 3. The Labute approximate surface area is 181 Å². The number of furan rings is 1. The molecule has 0 spiro atoms. The largest absolute Gasteiger partial charge is 0.455 e. The van der Waals surface area contributed by atoms with Gasteiger partial charge in [-0.05, 0) is 36.4 Å². The van der Waals surface area contributed by atoms with Crippen molar-refractivity contribution in [2.24, 2.45) is 5.10 Å². The van der Waals surface area contributed by atoms with Crippen molar-refractivity contribution < 1.29 is 27.3 Å². The molecule has 1 amide bonds. The Balaban J connectivity index is 1.45. The number of nitro groups is 1. The molecule has 0 aliphatic heterocycles. The van der Waals surface area contributed by atoms with Gasteiger partial charge in [0.15, 0.2) is 0 Å². The van der Waals surface area contributed by atoms with Gasteiger partial charge in [0, 0.05) is 27.8 Å². The minimum Gasteiger partial charge on any atom is -0.455 e. The van der Waals surface area contributed by atoms with Crippen LogP contribution in [0, 0.1) is 10.1 Å². The molecule has 11 heteroatoms. The number of thiophene rings is 1. The molecular weight excluding hydrogens is 447 g/mol. The van der Waals surface area contributed by atoms with Crippen LogP contribution in [0.1, 0.15) is 21.0 Å². The quantitative estimate of drug-likeness (QED) is 0.230. The van der Waals surface area contributed by atoms with E-state index in [2.05, 4.69) is 10.5 Å². The van der Waals surface area contributed by atoms with E-state index in [1.165, 1.54) is 48.7 Å². The van der Waals surface area contributed by atoms with Crippen LogP contribution in [0.25, 0.3) is 21.4 Å². The van der Waals surface area contributed by atoms with Gasteiger partial charge in [-0.2, -0.15) is 18.3 Å². The summed E-state index contributed by atoms with van der Waals surface area (Å²) in [6.45, 7) is 0. The van der Waals surface area contributed by atoms with Crippen molar-refractivity contribution >= 4 is 39.2 Å². The number of hydrogen-bond acceptors (Lipinski definition) is 6. The molecule has 0 aliphatic carbocycles. The number of amides is 1. The van der Waals surface area contributed by atoms with E-state index in [9.17, 15) is 28.1 Å². The minimum absolute atomic E-state index is 0.0744. The van der Waals surface area contributed by atoms with Gasteiger partial charge in [-0.15, -0.1) is 11.3 Å². The normalized spacial score (nSPS) is 11.8. The van der Waals surface area contributed by atoms with Crippen LogP contribution in [0.3, 0.4) is 0 Å². The summed E-state index contributed by atoms with van der Waals surface area (Å²) < 4.78 is 44.8. The van der Waals surface area contributed by atoms with E-state index in [1.54, 1.807) is 6.07 Å². The van der Waals surface area contributed by atoms with Gasteiger partial charge in [-0.25, -0.2) is 5.43 Å². The standard InChI is InChI=1S/C21H12F3N3O4S/c22-21(23,24)14-3-1-2-12(8-14)17-6-5-16(31-17)11-25-26-20(28)19-10-13-9-15(27(29)30)4-7-18(13)32-19/h1-11H,(H,26,28)/b25-11-. The van der Waals surface area contributed by atoms with Gasteiger partial charge >= 0.3 is 6.18 Å². The van der Waals surface area contributed by atoms with E-state index in [0.717, 1.165) is 23.5 Å². The number of hydrazone groups is 1. The van der Waals surface area contributed by atoms with E-state index < -0.39 is 22.6 Å². The van der Waals surface area contributed by atoms with E-state index in [-0.39, 0.29) is 22.8 Å². The molecule has 0 saturated heterocycles. The van der Waals surface area contributed by atoms with Gasteiger partial charge in [-0.3, -0.25) is 14.9 Å². The van der Waals surface area contributed by atoms with Gasteiger partial charge in [0.25, 0.3) is 11.6 Å². The zero-order valence-electron chi connectivity index (χ0n) is 15.9. The first kappa shape index (κ1) is 21.2. The fourth-order valence-corrected chi connectivity index (χ4v) is 3.82. The number of hydrogen-bond donors (Lipinski definition) is 1. The van der Waals surface area contributed by atoms with Gasteiger partial charge < -0.3 is 4.42 Å². The lowest BCUT2D eigenvalue weighted by Crippen LogP contribution is -2.15. The van der Waals surface area contributed by atoms with Crippen LogP contribution in [-0.2, 0) is 6.18 Å². The molecule has 0 atom stereocenters. The summed E-state index contributed by atoms with van der Waals surface area (Å²) in [5, 5.41) is 15.2. The van der Waals surface area contributed by atoms with E-state index in [1.807, 2.05) is 0 Å². The van der Waals surface area contributed by atoms with Gasteiger partial charge in [0.05, 0.1) is 21.6 Å². The maximum atomic E-state index is 12.9. The smallest absolute Gasteiger partial charge is 0.416 e. The van der Waals surface area contributed by atoms with Crippen LogP contribution in [-0.4, -0.2) is 17.0 Å². The molecule has 2 aromatic heterocycles. The number of nitrogens with one attached hydrogen (secondary N) is 1. The van der Waals surface area contributed by atoms with E-state index in [4.69, 9.17) is 4.42 Å². The predicted octanol–water partition coefficient (Wildman–Crippen LogP) is 5.85. The highest BCUT2D eigenvalue weighted by Gasteiger charge is 2.30. The molecule has 0 bridgehead atoms. The topological polar surface area (TPSA) is 97.7 Å². The second-order valence-electron chi connectivity index (χ2n) is 6.57. The van der Waals surface area contributed by atoms with Crippen molar-refractivity contribution in [2.45, 2.75) is 6.18 Å². The molecule has 2 aromatic carbocycles. The molecule has 7 nitrogen and oxygen atoms in total. The van der Waals surface area contributed by atoms with Crippen molar-refractivity contribution in [3.05, 3.63) is 87.0 Å². The van der Waals surface area contributed by atoms with Gasteiger partial charge in [-0.1, -0.05) is 12.1 Å². The SMILES string of the molecule is O=C(N/N=C\c1ccc(-c2cccc(C(F)(F)F)c2)o1)c1cc2cc([N+](=O)[O-])ccc2s1. The Morgan fingerprint density at radius 1 is 1.12 bits per heavy atom. The van der Waals surface area contributed by atoms with Crippen LogP contribution >= 0.6 is 11.3 Å². The number of rotatable bonds is 5. The molecular formula is C21H12F3N3O4S. The first-order valence-corrected chi connectivity index (χ1v) is 9.81. The lowest BCUT2D eigenvalue weighted by molar-refractivity contribution is -0.384. The Morgan fingerprint density at radius 2 is 1.94 bits per heavy atom. The maximum Gasteiger partial charge on any atom is 0.416 e. The lowest BCUT2D eigenvalue weighted by Gasteiger charge is -2.07. The summed E-state index contributed by atoms with van der Waals surface area (Å²) in [7, 11) is 0. The number of non-ortho nitro benzene ring substituents is 1. The fraction of sp³-hybridized carbons (Fsp3) is 0.0476. The van der Waals surface area contributed by atoms with Crippen molar-refractivity contribution in [1.29, 1.82) is 0 Å². The molecule has 4 rings (SSSR count). The summed E-state index contributed by atoms with van der Waals surface area (Å²) in [4.78, 5) is 23.0. The first-order valence-electron chi connectivity index (χ1n) is 8.99. The fourth-order valence-electron chi connectivity index (χ4n) is 2.89. The van der Waals surface area contributed by atoms with E-state index in [0.29, 0.717) is 15.0 Å². The first-order chi connectivity index (χ1) is 15.2. The zero-order valence-corrected chi connectivity index (χ0v) is 16.7. The summed E-state index contributed by atoms with van der Waals surface area (Å²) in [6, 6.07) is 13.6. The Kier molecular flexibility index (Phi) is 5.49. The van der Waals surface area contributed by atoms with Crippen molar-refractivity contribution in [3.63, 3.8) is 0 Å². The lowest BCUT2D eigenvalue weighted by atomic mass is 10.1. The number of fused-ring (bicyclic) bond motifs is 1. The van der Waals surface area contributed by atoms with Crippen LogP contribution in [0.2, 0.25) is 0 Å². The number of carbonyl (C=O) groups is 1. The zero-order chi connectivity index (χ0) is 22.9. The average Bonchev–Trinajstić information content (AvgIpc) is 3.39. The van der Waals surface area contributed by atoms with Gasteiger partial charge in [0.1, 0.15) is 11.5 Å². The average molecular weight is 459 g/mol. The monoisotopic (exact) mass is 459 g/mol. The van der Waals surface area contributed by atoms with Gasteiger partial charge in [0.2, 0.25) is 0 Å². The van der Waals surface area contributed by atoms with Crippen LogP contribution < -0.4 is 5.43 Å². The summed E-state index contributed by atoms with van der Waals surface area (Å²) in [5.74, 6) is -0.0746. The predicted molar refractivity (Wildman–Crippen MR) is 113 cm³/mol. The summed E-state index contributed by atoms with van der Waals surface area (Å²) in [6.07, 6.45) is -3.25. The molecule has 0 fully saturated rings. The van der Waals surface area contributed by atoms with Crippen molar-refractivity contribution in [1.82, 2.24) is 5.43 Å². The van der Waals surface area contributed by atoms with Crippen molar-refractivity contribution in [2.75, 3.05) is 0 Å². The molecule has 0 unspecified atom stereocenters. The third-order valence-corrected chi connectivity index (χ3v) is 5.51. The summed E-state index contributed by atoms with van der Waals surface area (Å²) in [5.41, 5.74) is 1.71. The van der Waals surface area contributed by atoms with E-state index >= 15 is 0 Å². The van der Waals surface area contributed by atoms with Crippen LogP contribution in [0.4, 0.5) is 18.9 Å². The Hall–Kier alpha value is -3.99. The van der Waals surface area contributed by atoms with Crippen LogP contribution in [0.5, 0.6) is 0 Å². The van der Waals surface area contributed by atoms with Crippen molar-refractivity contribution in [3.8, 4) is 11.3 Å². The molecule has 1 N–H and O–H groups in total. The third-order valence-electron chi connectivity index (χ3n) is 4.39. The third kappa shape index (κ3) is 4.52. The Bertz CT molecular complexity index is 1360. The highest BCUT2D eigenvalue weighted by atomic mass is 32.1. The highest BCUT2D eigenvalue weighted by Crippen LogP contribution is 2.32. The molecule has 0 aliphatic rings.